The Kier molecular flexibility index (Phi) is 7.36. The van der Waals surface area contributed by atoms with Gasteiger partial charge in [-0.05, 0) is 67.1 Å². The zero-order valence-electron chi connectivity index (χ0n) is 17.6. The molecule has 1 unspecified atom stereocenters. The molecule has 162 valence electrons. The summed E-state index contributed by atoms with van der Waals surface area (Å²) in [5, 5.41) is 2.35. The van der Waals surface area contributed by atoms with Crippen LogP contribution >= 0.6 is 11.8 Å². The minimum Gasteiger partial charge on any atom is -0.497 e. The summed E-state index contributed by atoms with van der Waals surface area (Å²) in [6, 6.07) is 14.6. The number of rotatable bonds is 8. The maximum absolute atomic E-state index is 12.6. The molecule has 3 amide bonds. The summed E-state index contributed by atoms with van der Waals surface area (Å²) in [6.07, 6.45) is 0.965. The third-order valence-electron chi connectivity index (χ3n) is 4.59. The van der Waals surface area contributed by atoms with Crippen LogP contribution in [0.3, 0.4) is 0 Å². The summed E-state index contributed by atoms with van der Waals surface area (Å²) in [6.45, 7) is 3.83. The average molecular weight is 441 g/mol. The number of imide groups is 1. The van der Waals surface area contributed by atoms with Crippen LogP contribution in [0.2, 0.25) is 0 Å². The molecule has 0 aliphatic carbocycles. The second-order valence-electron chi connectivity index (χ2n) is 6.97. The van der Waals surface area contributed by atoms with E-state index in [1.165, 1.54) is 0 Å². The number of carbonyl (C=O) groups is 3. The van der Waals surface area contributed by atoms with Crippen molar-refractivity contribution < 1.29 is 23.9 Å². The molecule has 2 aromatic carbocycles. The zero-order valence-corrected chi connectivity index (χ0v) is 18.4. The van der Waals surface area contributed by atoms with E-state index in [1.54, 1.807) is 38.3 Å². The third-order valence-corrected chi connectivity index (χ3v) is 5.50. The Morgan fingerprint density at radius 3 is 2.58 bits per heavy atom. The Morgan fingerprint density at radius 2 is 1.90 bits per heavy atom. The van der Waals surface area contributed by atoms with Gasteiger partial charge in [0.25, 0.3) is 17.1 Å². The Labute approximate surface area is 185 Å². The molecule has 1 atom stereocenters. The molecule has 1 fully saturated rings. The van der Waals surface area contributed by atoms with E-state index in [4.69, 9.17) is 9.47 Å². The number of hydrogen-bond acceptors (Lipinski definition) is 6. The lowest BCUT2D eigenvalue weighted by Gasteiger charge is -2.17. The number of carbonyl (C=O) groups excluding carboxylic acids is 3. The quantitative estimate of drug-likeness (QED) is 0.631. The van der Waals surface area contributed by atoms with E-state index in [-0.39, 0.29) is 30.1 Å². The van der Waals surface area contributed by atoms with Gasteiger partial charge in [-0.3, -0.25) is 19.3 Å². The van der Waals surface area contributed by atoms with Gasteiger partial charge in [-0.25, -0.2) is 0 Å². The van der Waals surface area contributed by atoms with E-state index in [0.717, 1.165) is 27.8 Å². The second kappa shape index (κ2) is 10.2. The van der Waals surface area contributed by atoms with E-state index < -0.39 is 6.10 Å². The molecule has 31 heavy (non-hydrogen) atoms. The minimum absolute atomic E-state index is 0.0908. The Bertz CT molecular complexity index is 1000. The van der Waals surface area contributed by atoms with E-state index >= 15 is 0 Å². The van der Waals surface area contributed by atoms with Crippen molar-refractivity contribution in [3.8, 4) is 11.5 Å². The molecule has 7 nitrogen and oxygen atoms in total. The summed E-state index contributed by atoms with van der Waals surface area (Å²) in [4.78, 5) is 38.6. The maximum atomic E-state index is 12.6. The van der Waals surface area contributed by atoms with E-state index in [0.29, 0.717) is 16.4 Å². The molecule has 1 aliphatic rings. The summed E-state index contributed by atoms with van der Waals surface area (Å²) >= 11 is 0.885. The zero-order chi connectivity index (χ0) is 22.4. The van der Waals surface area contributed by atoms with Gasteiger partial charge >= 0.3 is 0 Å². The number of ether oxygens (including phenoxy) is 2. The van der Waals surface area contributed by atoms with Gasteiger partial charge in [0.1, 0.15) is 11.5 Å². The highest BCUT2D eigenvalue weighted by Crippen LogP contribution is 2.32. The lowest BCUT2D eigenvalue weighted by Crippen LogP contribution is -2.41. The third kappa shape index (κ3) is 5.88. The fraction of sp³-hybridized carbons (Fsp3) is 0.261. The van der Waals surface area contributed by atoms with Crippen molar-refractivity contribution in [1.82, 2.24) is 10.2 Å². The molecule has 3 rings (SSSR count). The van der Waals surface area contributed by atoms with Crippen molar-refractivity contribution in [2.24, 2.45) is 0 Å². The first-order valence-corrected chi connectivity index (χ1v) is 10.6. The van der Waals surface area contributed by atoms with Crippen molar-refractivity contribution in [3.63, 3.8) is 0 Å². The van der Waals surface area contributed by atoms with Crippen LogP contribution in [-0.2, 0) is 9.59 Å². The van der Waals surface area contributed by atoms with Gasteiger partial charge < -0.3 is 14.8 Å². The molecule has 1 saturated heterocycles. The maximum Gasteiger partial charge on any atom is 0.293 e. The van der Waals surface area contributed by atoms with Crippen molar-refractivity contribution in [2.75, 3.05) is 20.2 Å². The molecule has 0 saturated carbocycles. The van der Waals surface area contributed by atoms with Gasteiger partial charge in [0.05, 0.1) is 12.0 Å². The number of nitrogens with zero attached hydrogens (tertiary/aromatic N) is 1. The molecular formula is C23H24N2O5S. The smallest absolute Gasteiger partial charge is 0.293 e. The molecule has 8 heteroatoms. The number of nitrogens with one attached hydrogen (secondary N) is 1. The number of hydrogen-bond donors (Lipinski definition) is 1. The van der Waals surface area contributed by atoms with E-state index in [1.807, 2.05) is 37.3 Å². The van der Waals surface area contributed by atoms with Gasteiger partial charge in [-0.1, -0.05) is 24.3 Å². The number of amides is 3. The van der Waals surface area contributed by atoms with Gasteiger partial charge in [0, 0.05) is 13.1 Å². The number of benzene rings is 2. The van der Waals surface area contributed by atoms with Crippen LogP contribution in [0.1, 0.15) is 18.1 Å². The monoisotopic (exact) mass is 440 g/mol. The van der Waals surface area contributed by atoms with Crippen LogP contribution in [0.25, 0.3) is 6.08 Å². The van der Waals surface area contributed by atoms with E-state index in [2.05, 4.69) is 5.32 Å². The van der Waals surface area contributed by atoms with Crippen molar-refractivity contribution in [2.45, 2.75) is 20.0 Å². The molecular weight excluding hydrogens is 416 g/mol. The topological polar surface area (TPSA) is 84.9 Å². The number of aryl methyl sites for hydroxylation is 1. The highest BCUT2D eigenvalue weighted by Gasteiger charge is 2.34. The van der Waals surface area contributed by atoms with Gasteiger partial charge in [-0.15, -0.1) is 0 Å². The highest BCUT2D eigenvalue weighted by molar-refractivity contribution is 8.18. The normalized spacial score (nSPS) is 15.8. The summed E-state index contributed by atoms with van der Waals surface area (Å²) in [7, 11) is 1.58. The first-order valence-electron chi connectivity index (χ1n) is 9.78. The molecule has 1 heterocycles. The number of thioether (sulfide) groups is 1. The van der Waals surface area contributed by atoms with Crippen LogP contribution in [0, 0.1) is 6.92 Å². The SMILES string of the molecule is COc1ccc(C=C2SC(=O)N(CCNC(=O)C(C)Oc3cccc(C)c3)C2=O)cc1. The molecule has 0 bridgehead atoms. The predicted molar refractivity (Wildman–Crippen MR) is 120 cm³/mol. The van der Waals surface area contributed by atoms with E-state index in [9.17, 15) is 14.4 Å². The molecule has 0 aromatic heterocycles. The first kappa shape index (κ1) is 22.4. The van der Waals surface area contributed by atoms with Crippen LogP contribution in [0.4, 0.5) is 4.79 Å². The molecule has 2 aromatic rings. The lowest BCUT2D eigenvalue weighted by atomic mass is 10.2. The van der Waals surface area contributed by atoms with Crippen LogP contribution in [0.5, 0.6) is 11.5 Å². The number of methoxy groups -OCH3 is 1. The summed E-state index contributed by atoms with van der Waals surface area (Å²) in [5.41, 5.74) is 1.83. The predicted octanol–water partition coefficient (Wildman–Crippen LogP) is 3.62. The summed E-state index contributed by atoms with van der Waals surface area (Å²) in [5.74, 6) is 0.630. The van der Waals surface area contributed by atoms with Gasteiger partial charge in [0.2, 0.25) is 0 Å². The van der Waals surface area contributed by atoms with Crippen LogP contribution < -0.4 is 14.8 Å². The van der Waals surface area contributed by atoms with Crippen molar-refractivity contribution in [1.29, 1.82) is 0 Å². The Hall–Kier alpha value is -3.26. The minimum atomic E-state index is -0.702. The molecule has 1 aliphatic heterocycles. The van der Waals surface area contributed by atoms with Gasteiger partial charge in [-0.2, -0.15) is 0 Å². The highest BCUT2D eigenvalue weighted by atomic mass is 32.2. The molecule has 0 spiro atoms. The molecule has 1 N–H and O–H groups in total. The fourth-order valence-corrected chi connectivity index (χ4v) is 3.79. The van der Waals surface area contributed by atoms with Crippen LogP contribution in [0.15, 0.2) is 53.4 Å². The average Bonchev–Trinajstić information content (AvgIpc) is 3.01. The van der Waals surface area contributed by atoms with Crippen molar-refractivity contribution in [3.05, 3.63) is 64.6 Å². The molecule has 0 radical (unpaired) electrons. The first-order chi connectivity index (χ1) is 14.9. The van der Waals surface area contributed by atoms with Gasteiger partial charge in [0.15, 0.2) is 6.10 Å². The van der Waals surface area contributed by atoms with Crippen molar-refractivity contribution >= 4 is 34.9 Å². The lowest BCUT2D eigenvalue weighted by molar-refractivity contribution is -0.128. The Balaban J connectivity index is 1.51. The second-order valence-corrected chi connectivity index (χ2v) is 7.97. The Morgan fingerprint density at radius 1 is 1.16 bits per heavy atom. The standard InChI is InChI=1S/C23H24N2O5S/c1-15-5-4-6-19(13-15)30-16(2)21(26)24-11-12-25-22(27)20(31-23(25)28)14-17-7-9-18(29-3)10-8-17/h4-10,13-14,16H,11-12H2,1-3H3,(H,24,26). The fourth-order valence-electron chi connectivity index (χ4n) is 2.93. The largest absolute Gasteiger partial charge is 0.497 e. The van der Waals surface area contributed by atoms with Crippen LogP contribution in [-0.4, -0.2) is 48.3 Å². The summed E-state index contributed by atoms with van der Waals surface area (Å²) < 4.78 is 10.8.